The summed E-state index contributed by atoms with van der Waals surface area (Å²) >= 11 is 1.66. The van der Waals surface area contributed by atoms with Crippen molar-refractivity contribution in [1.29, 1.82) is 0 Å². The van der Waals surface area contributed by atoms with Crippen molar-refractivity contribution in [2.45, 2.75) is 19.4 Å². The summed E-state index contributed by atoms with van der Waals surface area (Å²) < 4.78 is 10.5. The van der Waals surface area contributed by atoms with Gasteiger partial charge in [0.05, 0.1) is 20.8 Å². The van der Waals surface area contributed by atoms with Gasteiger partial charge in [-0.15, -0.1) is 17.9 Å². The Balaban J connectivity index is 1.98. The molecule has 0 aliphatic heterocycles. The van der Waals surface area contributed by atoms with Gasteiger partial charge in [0, 0.05) is 17.8 Å². The van der Waals surface area contributed by atoms with Gasteiger partial charge in [-0.25, -0.2) is 0 Å². The summed E-state index contributed by atoms with van der Waals surface area (Å²) in [7, 11) is 3.22. The SMILES string of the molecule is C=CCN(Cc1cccs1)C(=O)CCc1ccc(OC)c(OC)c1. The zero-order valence-electron chi connectivity index (χ0n) is 14.2. The average molecular weight is 345 g/mol. The fraction of sp³-hybridized carbons (Fsp3) is 0.316. The third-order valence-electron chi connectivity index (χ3n) is 3.70. The van der Waals surface area contributed by atoms with Crippen LogP contribution in [-0.4, -0.2) is 31.6 Å². The van der Waals surface area contributed by atoms with E-state index in [1.807, 2.05) is 40.6 Å². The Labute approximate surface area is 147 Å². The van der Waals surface area contributed by atoms with Gasteiger partial charge in [0.2, 0.25) is 5.91 Å². The van der Waals surface area contributed by atoms with E-state index >= 15 is 0 Å². The fourth-order valence-electron chi connectivity index (χ4n) is 2.45. The number of aryl methyl sites for hydroxylation is 1. The molecule has 1 heterocycles. The third-order valence-corrected chi connectivity index (χ3v) is 4.57. The summed E-state index contributed by atoms with van der Waals surface area (Å²) in [5.41, 5.74) is 1.05. The molecule has 0 N–H and O–H groups in total. The molecule has 1 aromatic carbocycles. The Hall–Kier alpha value is -2.27. The predicted molar refractivity (Wildman–Crippen MR) is 97.8 cm³/mol. The fourth-order valence-corrected chi connectivity index (χ4v) is 3.17. The highest BCUT2D eigenvalue weighted by Crippen LogP contribution is 2.28. The molecule has 0 saturated heterocycles. The molecule has 1 amide bonds. The number of ether oxygens (including phenoxy) is 2. The molecule has 0 atom stereocenters. The van der Waals surface area contributed by atoms with Crippen molar-refractivity contribution in [3.63, 3.8) is 0 Å². The normalized spacial score (nSPS) is 10.2. The lowest BCUT2D eigenvalue weighted by Gasteiger charge is -2.20. The van der Waals surface area contributed by atoms with Crippen molar-refractivity contribution in [3.8, 4) is 11.5 Å². The van der Waals surface area contributed by atoms with Crippen LogP contribution in [-0.2, 0) is 17.8 Å². The van der Waals surface area contributed by atoms with Gasteiger partial charge < -0.3 is 14.4 Å². The van der Waals surface area contributed by atoms with Crippen molar-refractivity contribution in [1.82, 2.24) is 4.90 Å². The number of thiophene rings is 1. The molecule has 5 heteroatoms. The number of benzene rings is 1. The molecule has 0 bridgehead atoms. The third kappa shape index (κ3) is 4.86. The summed E-state index contributed by atoms with van der Waals surface area (Å²) in [5.74, 6) is 1.50. The van der Waals surface area contributed by atoms with Crippen molar-refractivity contribution >= 4 is 17.2 Å². The van der Waals surface area contributed by atoms with Crippen LogP contribution >= 0.6 is 11.3 Å². The summed E-state index contributed by atoms with van der Waals surface area (Å²) in [4.78, 5) is 15.5. The number of rotatable bonds is 9. The number of hydrogen-bond donors (Lipinski definition) is 0. The molecule has 2 aromatic rings. The smallest absolute Gasteiger partial charge is 0.223 e. The first kappa shape index (κ1) is 18.1. The van der Waals surface area contributed by atoms with Crippen molar-refractivity contribution < 1.29 is 14.3 Å². The Morgan fingerprint density at radius 2 is 2.04 bits per heavy atom. The zero-order chi connectivity index (χ0) is 17.4. The summed E-state index contributed by atoms with van der Waals surface area (Å²) in [6, 6.07) is 9.79. The standard InChI is InChI=1S/C19H23NO3S/c1-4-11-20(14-16-6-5-12-24-16)19(21)10-8-15-7-9-17(22-2)18(13-15)23-3/h4-7,9,12-13H,1,8,10-11,14H2,2-3H3. The molecule has 128 valence electrons. The molecule has 24 heavy (non-hydrogen) atoms. The van der Waals surface area contributed by atoms with Gasteiger partial charge in [-0.1, -0.05) is 18.2 Å². The maximum atomic E-state index is 12.5. The molecule has 0 spiro atoms. The number of methoxy groups -OCH3 is 2. The van der Waals surface area contributed by atoms with Crippen LogP contribution in [0.3, 0.4) is 0 Å². The van der Waals surface area contributed by atoms with Crippen LogP contribution in [0.5, 0.6) is 11.5 Å². The van der Waals surface area contributed by atoms with E-state index in [9.17, 15) is 4.79 Å². The van der Waals surface area contributed by atoms with Crippen LogP contribution in [0.25, 0.3) is 0 Å². The lowest BCUT2D eigenvalue weighted by Crippen LogP contribution is -2.30. The topological polar surface area (TPSA) is 38.8 Å². The van der Waals surface area contributed by atoms with Crippen LogP contribution in [0.2, 0.25) is 0 Å². The Bertz CT molecular complexity index is 667. The summed E-state index contributed by atoms with van der Waals surface area (Å²) in [6.07, 6.45) is 2.88. The van der Waals surface area contributed by atoms with E-state index < -0.39 is 0 Å². The van der Waals surface area contributed by atoms with E-state index in [1.165, 1.54) is 4.88 Å². The molecule has 0 aliphatic rings. The van der Waals surface area contributed by atoms with E-state index in [0.29, 0.717) is 37.4 Å². The number of hydrogen-bond acceptors (Lipinski definition) is 4. The average Bonchev–Trinajstić information content (AvgIpc) is 3.12. The van der Waals surface area contributed by atoms with E-state index in [1.54, 1.807) is 31.6 Å². The maximum absolute atomic E-state index is 12.5. The first-order chi connectivity index (χ1) is 11.7. The minimum atomic E-state index is 0.123. The van der Waals surface area contributed by atoms with Crippen molar-refractivity contribution in [2.24, 2.45) is 0 Å². The zero-order valence-corrected chi connectivity index (χ0v) is 15.0. The molecular formula is C19H23NO3S. The van der Waals surface area contributed by atoms with E-state index in [4.69, 9.17) is 9.47 Å². The minimum absolute atomic E-state index is 0.123. The largest absolute Gasteiger partial charge is 0.493 e. The molecule has 2 rings (SSSR count). The van der Waals surface area contributed by atoms with E-state index in [2.05, 4.69) is 6.58 Å². The van der Waals surface area contributed by atoms with Crippen LogP contribution < -0.4 is 9.47 Å². The monoisotopic (exact) mass is 345 g/mol. The van der Waals surface area contributed by atoms with Gasteiger partial charge in [0.15, 0.2) is 11.5 Å². The second-order valence-electron chi connectivity index (χ2n) is 5.33. The van der Waals surface area contributed by atoms with Gasteiger partial charge >= 0.3 is 0 Å². The number of carbonyl (C=O) groups is 1. The lowest BCUT2D eigenvalue weighted by atomic mass is 10.1. The van der Waals surface area contributed by atoms with Crippen LogP contribution in [0, 0.1) is 0 Å². The van der Waals surface area contributed by atoms with Crippen LogP contribution in [0.1, 0.15) is 16.9 Å². The highest BCUT2D eigenvalue weighted by atomic mass is 32.1. The van der Waals surface area contributed by atoms with Crippen molar-refractivity contribution in [2.75, 3.05) is 20.8 Å². The molecule has 0 aliphatic carbocycles. The van der Waals surface area contributed by atoms with Gasteiger partial charge in [-0.2, -0.15) is 0 Å². The lowest BCUT2D eigenvalue weighted by molar-refractivity contribution is -0.131. The summed E-state index contributed by atoms with van der Waals surface area (Å²) in [5, 5.41) is 2.02. The molecular weight excluding hydrogens is 322 g/mol. The van der Waals surface area contributed by atoms with Crippen LogP contribution in [0.15, 0.2) is 48.4 Å². The molecule has 0 saturated carbocycles. The van der Waals surface area contributed by atoms with E-state index in [-0.39, 0.29) is 5.91 Å². The predicted octanol–water partition coefficient (Wildman–Crippen LogP) is 3.91. The molecule has 0 radical (unpaired) electrons. The van der Waals surface area contributed by atoms with Gasteiger partial charge in [0.25, 0.3) is 0 Å². The molecule has 1 aromatic heterocycles. The highest BCUT2D eigenvalue weighted by molar-refractivity contribution is 7.09. The Morgan fingerprint density at radius 1 is 1.25 bits per heavy atom. The molecule has 0 unspecified atom stereocenters. The maximum Gasteiger partial charge on any atom is 0.223 e. The number of carbonyl (C=O) groups excluding carboxylic acids is 1. The van der Waals surface area contributed by atoms with Crippen LogP contribution in [0.4, 0.5) is 0 Å². The van der Waals surface area contributed by atoms with Crippen molar-refractivity contribution in [3.05, 3.63) is 58.8 Å². The highest BCUT2D eigenvalue weighted by Gasteiger charge is 2.14. The quantitative estimate of drug-likeness (QED) is 0.647. The Morgan fingerprint density at radius 3 is 2.67 bits per heavy atom. The first-order valence-corrected chi connectivity index (χ1v) is 8.67. The second kappa shape index (κ2) is 9.13. The molecule has 0 fully saturated rings. The van der Waals surface area contributed by atoms with E-state index in [0.717, 1.165) is 5.56 Å². The summed E-state index contributed by atoms with van der Waals surface area (Å²) in [6.45, 7) is 4.94. The molecule has 4 nitrogen and oxygen atoms in total. The second-order valence-corrected chi connectivity index (χ2v) is 6.36. The Kier molecular flexibility index (Phi) is 6.88. The van der Waals surface area contributed by atoms with Gasteiger partial charge in [-0.05, 0) is 35.6 Å². The first-order valence-electron chi connectivity index (χ1n) is 7.80. The van der Waals surface area contributed by atoms with Gasteiger partial charge in [0.1, 0.15) is 0 Å². The number of amides is 1. The number of nitrogens with zero attached hydrogens (tertiary/aromatic N) is 1. The van der Waals surface area contributed by atoms with Gasteiger partial charge in [-0.3, -0.25) is 4.79 Å². The minimum Gasteiger partial charge on any atom is -0.493 e.